The number of hydrogen-bond acceptors (Lipinski definition) is 0. The molecule has 0 nitrogen and oxygen atoms in total. The van der Waals surface area contributed by atoms with Gasteiger partial charge in [-0.15, -0.1) is 0 Å². The molecule has 0 rings (SSSR count). The third kappa shape index (κ3) is 19.7. The highest BCUT2D eigenvalue weighted by Crippen LogP contribution is 2.11. The van der Waals surface area contributed by atoms with E-state index >= 15 is 0 Å². The van der Waals surface area contributed by atoms with Gasteiger partial charge in [-0.25, -0.2) is 0 Å². The largest absolute Gasteiger partial charge is 0.0885 e. The van der Waals surface area contributed by atoms with E-state index < -0.39 is 0 Å². The Morgan fingerprint density at radius 2 is 0.864 bits per heavy atom. The highest BCUT2D eigenvalue weighted by Gasteiger charge is 1.91. The Kier molecular flexibility index (Phi) is 18.7. The van der Waals surface area contributed by atoms with Crippen LogP contribution in [0.15, 0.2) is 12.1 Å². The molecule has 0 fully saturated rings. The Hall–Kier alpha value is -0.260. The number of rotatable bonds is 18. The van der Waals surface area contributed by atoms with Gasteiger partial charge in [0.25, 0.3) is 0 Å². The van der Waals surface area contributed by atoms with Gasteiger partial charge in [-0.3, -0.25) is 0 Å². The lowest BCUT2D eigenvalue weighted by Gasteiger charge is -2.00. The molecule has 0 aliphatic rings. The molecule has 0 aliphatic carbocycles. The van der Waals surface area contributed by atoms with Crippen LogP contribution in [0.5, 0.6) is 0 Å². The monoisotopic (exact) mass is 309 g/mol. The van der Waals surface area contributed by atoms with Crippen LogP contribution in [0.4, 0.5) is 0 Å². The SMILES string of the molecule is [2H]/C(=C\CCCCCCCCCC)CCCCCCCCCC. The van der Waals surface area contributed by atoms with E-state index in [9.17, 15) is 0 Å². The molecule has 0 aliphatic heterocycles. The summed E-state index contributed by atoms with van der Waals surface area (Å²) in [5, 5.41) is 0. The summed E-state index contributed by atoms with van der Waals surface area (Å²) >= 11 is 0. The minimum Gasteiger partial charge on any atom is -0.0885 e. The van der Waals surface area contributed by atoms with Crippen molar-refractivity contribution in [3.05, 3.63) is 12.1 Å². The molecule has 22 heavy (non-hydrogen) atoms. The predicted molar refractivity (Wildman–Crippen MR) is 104 cm³/mol. The Bertz CT molecular complexity index is 244. The second-order valence-electron chi connectivity index (χ2n) is 6.90. The molecule has 0 aromatic rings. The Morgan fingerprint density at radius 1 is 0.500 bits per heavy atom. The van der Waals surface area contributed by atoms with Crippen LogP contribution >= 0.6 is 0 Å². The van der Waals surface area contributed by atoms with Crippen LogP contribution in [-0.4, -0.2) is 0 Å². The van der Waals surface area contributed by atoms with Crippen molar-refractivity contribution in [1.29, 1.82) is 0 Å². The second kappa shape index (κ2) is 20.7. The van der Waals surface area contributed by atoms with Gasteiger partial charge >= 0.3 is 0 Å². The van der Waals surface area contributed by atoms with Crippen LogP contribution < -0.4 is 0 Å². The molecule has 0 heterocycles. The average molecular weight is 310 g/mol. The van der Waals surface area contributed by atoms with Crippen molar-refractivity contribution in [2.75, 3.05) is 0 Å². The van der Waals surface area contributed by atoms with Gasteiger partial charge in [-0.1, -0.05) is 116 Å². The maximum Gasteiger partial charge on any atom is 0.0572 e. The van der Waals surface area contributed by atoms with Crippen molar-refractivity contribution in [2.24, 2.45) is 0 Å². The number of unbranched alkanes of at least 4 members (excludes halogenated alkanes) is 15. The van der Waals surface area contributed by atoms with Crippen LogP contribution in [0.25, 0.3) is 0 Å². The fourth-order valence-corrected chi connectivity index (χ4v) is 2.95. The average Bonchev–Trinajstić information content (AvgIpc) is 2.56. The highest BCUT2D eigenvalue weighted by molar-refractivity contribution is 4.81. The smallest absolute Gasteiger partial charge is 0.0572 e. The lowest BCUT2D eigenvalue weighted by atomic mass is 10.1. The summed E-state index contributed by atoms with van der Waals surface area (Å²) in [5.74, 6) is 0. The van der Waals surface area contributed by atoms with Crippen LogP contribution in [-0.2, 0) is 0 Å². The van der Waals surface area contributed by atoms with Crippen LogP contribution in [0.1, 0.15) is 131 Å². The zero-order chi connectivity index (χ0) is 17.0. The lowest BCUT2D eigenvalue weighted by Crippen LogP contribution is -1.80. The molecule has 0 N–H and O–H groups in total. The first-order valence-corrected chi connectivity index (χ1v) is 10.5. The Morgan fingerprint density at radius 3 is 1.32 bits per heavy atom. The van der Waals surface area contributed by atoms with Gasteiger partial charge in [0.1, 0.15) is 0 Å². The molecular formula is C22H44. The first kappa shape index (κ1) is 19.8. The first-order valence-electron chi connectivity index (χ1n) is 11.0. The number of allylic oxidation sites excluding steroid dienone is 2. The third-order valence-electron chi connectivity index (χ3n) is 4.52. The van der Waals surface area contributed by atoms with Gasteiger partial charge in [0.05, 0.1) is 1.37 Å². The molecular weight excluding hydrogens is 264 g/mol. The van der Waals surface area contributed by atoms with E-state index in [0.717, 1.165) is 18.9 Å². The highest BCUT2D eigenvalue weighted by atomic mass is 14.0. The summed E-state index contributed by atoms with van der Waals surface area (Å²) in [7, 11) is 0. The molecule has 0 spiro atoms. The van der Waals surface area contributed by atoms with Crippen LogP contribution in [0.3, 0.4) is 0 Å². The summed E-state index contributed by atoms with van der Waals surface area (Å²) in [6.45, 7) is 4.55. The predicted octanol–water partition coefficient (Wildman–Crippen LogP) is 8.60. The van der Waals surface area contributed by atoms with Crippen molar-refractivity contribution >= 4 is 0 Å². The minimum absolute atomic E-state index is 0.888. The fourth-order valence-electron chi connectivity index (χ4n) is 2.95. The van der Waals surface area contributed by atoms with Crippen molar-refractivity contribution in [3.8, 4) is 0 Å². The molecule has 132 valence electrons. The maximum atomic E-state index is 8.00. The summed E-state index contributed by atoms with van der Waals surface area (Å²) in [4.78, 5) is 0. The molecule has 0 saturated heterocycles. The van der Waals surface area contributed by atoms with Crippen LogP contribution in [0, 0.1) is 0 Å². The fraction of sp³-hybridized carbons (Fsp3) is 0.909. The quantitative estimate of drug-likeness (QED) is 0.175. The van der Waals surface area contributed by atoms with Gasteiger partial charge in [0.2, 0.25) is 0 Å². The van der Waals surface area contributed by atoms with Crippen LogP contribution in [0.2, 0.25) is 0 Å². The standard InChI is InChI=1S/C22H44/c1-3-5-7-9-11-13-15-17-19-21-22-20-18-16-14-12-10-8-6-4-2/h21-22H,3-20H2,1-2H3/b22-21+/i21D. The molecule has 0 atom stereocenters. The van der Waals surface area contributed by atoms with Gasteiger partial charge < -0.3 is 0 Å². The molecule has 0 unspecified atom stereocenters. The first-order chi connectivity index (χ1) is 11.3. The van der Waals surface area contributed by atoms with Gasteiger partial charge in [0, 0.05) is 0 Å². The molecule has 0 amide bonds. The van der Waals surface area contributed by atoms with E-state index in [1.807, 2.05) is 0 Å². The van der Waals surface area contributed by atoms with E-state index in [-0.39, 0.29) is 0 Å². The van der Waals surface area contributed by atoms with Gasteiger partial charge in [-0.05, 0) is 25.7 Å². The van der Waals surface area contributed by atoms with Crippen molar-refractivity contribution in [3.63, 3.8) is 0 Å². The molecule has 0 radical (unpaired) electrons. The molecule has 0 aromatic heterocycles. The Balaban J connectivity index is 3.24. The molecule has 0 heteroatoms. The van der Waals surface area contributed by atoms with Crippen molar-refractivity contribution in [1.82, 2.24) is 0 Å². The lowest BCUT2D eigenvalue weighted by molar-refractivity contribution is 0.575. The van der Waals surface area contributed by atoms with Crippen molar-refractivity contribution in [2.45, 2.75) is 129 Å². The van der Waals surface area contributed by atoms with E-state index in [2.05, 4.69) is 19.9 Å². The van der Waals surface area contributed by atoms with E-state index in [1.165, 1.54) is 103 Å². The number of hydrogen-bond donors (Lipinski definition) is 0. The van der Waals surface area contributed by atoms with Crippen molar-refractivity contribution < 1.29 is 1.37 Å². The topological polar surface area (TPSA) is 0 Å². The zero-order valence-electron chi connectivity index (χ0n) is 16.8. The zero-order valence-corrected chi connectivity index (χ0v) is 15.8. The van der Waals surface area contributed by atoms with E-state index in [0.29, 0.717) is 0 Å². The second-order valence-corrected chi connectivity index (χ2v) is 6.90. The maximum absolute atomic E-state index is 8.00. The normalized spacial score (nSPS) is 12.6. The third-order valence-corrected chi connectivity index (χ3v) is 4.52. The van der Waals surface area contributed by atoms with Gasteiger partial charge in [0.15, 0.2) is 0 Å². The summed E-state index contributed by atoms with van der Waals surface area (Å²) in [6, 6.07) is 0.888. The summed E-state index contributed by atoms with van der Waals surface area (Å²) < 4.78 is 8.00. The molecule has 0 bridgehead atoms. The molecule has 0 aromatic carbocycles. The Labute approximate surface area is 143 Å². The van der Waals surface area contributed by atoms with E-state index in [4.69, 9.17) is 1.37 Å². The summed E-state index contributed by atoms with van der Waals surface area (Å²) in [5.41, 5.74) is 0. The van der Waals surface area contributed by atoms with E-state index in [1.54, 1.807) is 0 Å². The molecule has 0 saturated carbocycles. The minimum atomic E-state index is 0.888. The van der Waals surface area contributed by atoms with Gasteiger partial charge in [-0.2, -0.15) is 0 Å². The summed E-state index contributed by atoms with van der Waals surface area (Å²) in [6.07, 6.45) is 26.2.